The van der Waals surface area contributed by atoms with Crippen LogP contribution < -0.4 is 10.6 Å². The highest BCUT2D eigenvalue weighted by atomic mass is 16.5. The lowest BCUT2D eigenvalue weighted by Crippen LogP contribution is -2.29. The number of rotatable bonds is 9. The first kappa shape index (κ1) is 26.6. The molecule has 2 N–H and O–H groups in total. The molecular formula is C30H32N4O4. The number of benzene rings is 3. The van der Waals surface area contributed by atoms with Crippen molar-refractivity contribution in [3.8, 4) is 0 Å². The minimum Gasteiger partial charge on any atom is -0.465 e. The Morgan fingerprint density at radius 2 is 1.55 bits per heavy atom. The quantitative estimate of drug-likeness (QED) is 0.326. The van der Waals surface area contributed by atoms with E-state index in [2.05, 4.69) is 15.5 Å². The van der Waals surface area contributed by atoms with E-state index >= 15 is 0 Å². The Kier molecular flexibility index (Phi) is 8.23. The molecule has 38 heavy (non-hydrogen) atoms. The van der Waals surface area contributed by atoms with Gasteiger partial charge in [0, 0.05) is 30.4 Å². The van der Waals surface area contributed by atoms with Crippen LogP contribution in [0.3, 0.4) is 0 Å². The van der Waals surface area contributed by atoms with Crippen molar-refractivity contribution in [1.82, 2.24) is 9.80 Å². The molecule has 2 amide bonds. The topological polar surface area (TPSA) is 91.0 Å². The first-order valence-electron chi connectivity index (χ1n) is 12.4. The average molecular weight is 513 g/mol. The molecule has 0 saturated heterocycles. The van der Waals surface area contributed by atoms with Crippen LogP contribution in [-0.4, -0.2) is 68.9 Å². The zero-order valence-electron chi connectivity index (χ0n) is 22.1. The van der Waals surface area contributed by atoms with Gasteiger partial charge in [0.25, 0.3) is 11.8 Å². The van der Waals surface area contributed by atoms with Crippen molar-refractivity contribution in [2.45, 2.75) is 6.42 Å². The molecule has 196 valence electrons. The number of methoxy groups -OCH3 is 1. The zero-order valence-corrected chi connectivity index (χ0v) is 22.1. The van der Waals surface area contributed by atoms with E-state index in [1.165, 1.54) is 7.11 Å². The molecule has 1 aliphatic rings. The molecule has 8 heteroatoms. The SMILES string of the molecule is COC(=O)c1ccc2c(c1)NC(=O)/C2=C(\Nc1ccc(C(=O)N(C)CCCN(C)C)cc1)c1ccccc1. The molecule has 0 saturated carbocycles. The highest BCUT2D eigenvalue weighted by molar-refractivity contribution is 6.37. The predicted molar refractivity (Wildman–Crippen MR) is 150 cm³/mol. The first-order valence-corrected chi connectivity index (χ1v) is 12.4. The molecule has 1 heterocycles. The number of hydrogen-bond donors (Lipinski definition) is 2. The van der Waals surface area contributed by atoms with Gasteiger partial charge in [-0.25, -0.2) is 4.79 Å². The molecule has 8 nitrogen and oxygen atoms in total. The van der Waals surface area contributed by atoms with Gasteiger partial charge in [0.15, 0.2) is 0 Å². The smallest absolute Gasteiger partial charge is 0.337 e. The Morgan fingerprint density at radius 3 is 2.21 bits per heavy atom. The molecule has 0 spiro atoms. The zero-order chi connectivity index (χ0) is 27.2. The lowest BCUT2D eigenvalue weighted by Gasteiger charge is -2.19. The Balaban J connectivity index is 1.63. The first-order chi connectivity index (χ1) is 18.3. The van der Waals surface area contributed by atoms with E-state index in [1.807, 2.05) is 63.6 Å². The number of esters is 1. The van der Waals surface area contributed by atoms with E-state index in [1.54, 1.807) is 35.2 Å². The third kappa shape index (κ3) is 5.92. The molecule has 0 atom stereocenters. The highest BCUT2D eigenvalue weighted by Gasteiger charge is 2.29. The Hall–Kier alpha value is -4.43. The van der Waals surface area contributed by atoms with Crippen LogP contribution in [0.5, 0.6) is 0 Å². The summed E-state index contributed by atoms with van der Waals surface area (Å²) in [7, 11) is 7.16. The van der Waals surface area contributed by atoms with Gasteiger partial charge in [0.2, 0.25) is 0 Å². The maximum absolute atomic E-state index is 13.2. The van der Waals surface area contributed by atoms with Gasteiger partial charge in [-0.3, -0.25) is 9.59 Å². The second kappa shape index (κ2) is 11.7. The van der Waals surface area contributed by atoms with Crippen molar-refractivity contribution in [2.75, 3.05) is 52.0 Å². The van der Waals surface area contributed by atoms with Crippen molar-refractivity contribution >= 4 is 40.4 Å². The summed E-state index contributed by atoms with van der Waals surface area (Å²) in [5.74, 6) is -0.791. The van der Waals surface area contributed by atoms with Crippen molar-refractivity contribution in [3.05, 3.63) is 95.1 Å². The molecule has 1 aliphatic heterocycles. The van der Waals surface area contributed by atoms with Crippen LogP contribution in [0, 0.1) is 0 Å². The van der Waals surface area contributed by atoms with Crippen LogP contribution in [0.1, 0.15) is 38.3 Å². The fourth-order valence-electron chi connectivity index (χ4n) is 4.34. The number of nitrogens with one attached hydrogen (secondary N) is 2. The fourth-order valence-corrected chi connectivity index (χ4v) is 4.34. The summed E-state index contributed by atoms with van der Waals surface area (Å²) in [6, 6.07) is 21.8. The van der Waals surface area contributed by atoms with Crippen LogP contribution in [-0.2, 0) is 9.53 Å². The number of carbonyl (C=O) groups excluding carboxylic acids is 3. The summed E-state index contributed by atoms with van der Waals surface area (Å²) < 4.78 is 4.81. The highest BCUT2D eigenvalue weighted by Crippen LogP contribution is 2.38. The van der Waals surface area contributed by atoms with E-state index in [4.69, 9.17) is 4.74 Å². The summed E-state index contributed by atoms with van der Waals surface area (Å²) >= 11 is 0. The van der Waals surface area contributed by atoms with Gasteiger partial charge in [-0.05, 0) is 69.0 Å². The van der Waals surface area contributed by atoms with Gasteiger partial charge in [-0.15, -0.1) is 0 Å². The number of amides is 2. The van der Waals surface area contributed by atoms with Crippen molar-refractivity contribution in [3.63, 3.8) is 0 Å². The van der Waals surface area contributed by atoms with Crippen LogP contribution in [0.15, 0.2) is 72.8 Å². The van der Waals surface area contributed by atoms with Crippen LogP contribution in [0.4, 0.5) is 11.4 Å². The molecule has 0 unspecified atom stereocenters. The molecule has 3 aromatic carbocycles. The molecule has 0 aliphatic carbocycles. The summed E-state index contributed by atoms with van der Waals surface area (Å²) in [6.45, 7) is 1.59. The Morgan fingerprint density at radius 1 is 0.868 bits per heavy atom. The van der Waals surface area contributed by atoms with Crippen LogP contribution >= 0.6 is 0 Å². The third-order valence-electron chi connectivity index (χ3n) is 6.34. The standard InChI is InChI=1S/C30H32N4O4/c1-33(2)17-8-18-34(3)29(36)21-11-14-23(15-12-21)31-27(20-9-6-5-7-10-20)26-24-16-13-22(30(37)38-4)19-25(24)32-28(26)35/h5-7,9-16,19,31H,8,17-18H2,1-4H3,(H,32,35)/b27-26-. The van der Waals surface area contributed by atoms with Gasteiger partial charge in [0.1, 0.15) is 0 Å². The van der Waals surface area contributed by atoms with Gasteiger partial charge in [0.05, 0.1) is 29.6 Å². The van der Waals surface area contributed by atoms with E-state index in [9.17, 15) is 14.4 Å². The molecule has 0 aromatic heterocycles. The van der Waals surface area contributed by atoms with E-state index in [-0.39, 0.29) is 11.8 Å². The Bertz CT molecular complexity index is 1360. The minimum atomic E-state index is -0.473. The normalized spacial score (nSPS) is 13.6. The number of ether oxygens (including phenoxy) is 1. The molecule has 4 rings (SSSR count). The Labute approximate surface area is 222 Å². The number of carbonyl (C=O) groups is 3. The molecule has 0 fully saturated rings. The van der Waals surface area contributed by atoms with Crippen molar-refractivity contribution in [2.24, 2.45) is 0 Å². The number of anilines is 2. The van der Waals surface area contributed by atoms with E-state index in [0.717, 1.165) is 24.2 Å². The summed E-state index contributed by atoms with van der Waals surface area (Å²) in [4.78, 5) is 41.8. The van der Waals surface area contributed by atoms with E-state index < -0.39 is 5.97 Å². The maximum atomic E-state index is 13.2. The van der Waals surface area contributed by atoms with Crippen molar-refractivity contribution in [1.29, 1.82) is 0 Å². The van der Waals surface area contributed by atoms with Crippen molar-refractivity contribution < 1.29 is 19.1 Å². The van der Waals surface area contributed by atoms with Gasteiger partial charge in [-0.1, -0.05) is 36.4 Å². The monoisotopic (exact) mass is 512 g/mol. The molecule has 0 bridgehead atoms. The molecule has 3 aromatic rings. The summed E-state index contributed by atoms with van der Waals surface area (Å²) in [6.07, 6.45) is 0.896. The number of hydrogen-bond acceptors (Lipinski definition) is 6. The van der Waals surface area contributed by atoms with Gasteiger partial charge < -0.3 is 25.2 Å². The average Bonchev–Trinajstić information content (AvgIpc) is 3.26. The fraction of sp³-hybridized carbons (Fsp3) is 0.233. The van der Waals surface area contributed by atoms with Gasteiger partial charge in [-0.2, -0.15) is 0 Å². The summed E-state index contributed by atoms with van der Waals surface area (Å²) in [5.41, 5.74) is 4.81. The maximum Gasteiger partial charge on any atom is 0.337 e. The van der Waals surface area contributed by atoms with E-state index in [0.29, 0.717) is 40.2 Å². The number of nitrogens with zero attached hydrogens (tertiary/aromatic N) is 2. The second-order valence-electron chi connectivity index (χ2n) is 9.41. The second-order valence-corrected chi connectivity index (χ2v) is 9.41. The number of fused-ring (bicyclic) bond motifs is 1. The van der Waals surface area contributed by atoms with Crippen LogP contribution in [0.25, 0.3) is 11.3 Å². The predicted octanol–water partition coefficient (Wildman–Crippen LogP) is 4.43. The largest absolute Gasteiger partial charge is 0.465 e. The molecule has 0 radical (unpaired) electrons. The minimum absolute atomic E-state index is 0.0394. The molecular weight excluding hydrogens is 480 g/mol. The van der Waals surface area contributed by atoms with Gasteiger partial charge >= 0.3 is 5.97 Å². The van der Waals surface area contributed by atoms with Crippen LogP contribution in [0.2, 0.25) is 0 Å². The third-order valence-corrected chi connectivity index (χ3v) is 6.34. The summed E-state index contributed by atoms with van der Waals surface area (Å²) in [5, 5.41) is 6.26. The lowest BCUT2D eigenvalue weighted by atomic mass is 9.99. The lowest BCUT2D eigenvalue weighted by molar-refractivity contribution is -0.110.